The van der Waals surface area contributed by atoms with E-state index >= 15 is 0 Å². The monoisotopic (exact) mass is 323 g/mol. The van der Waals surface area contributed by atoms with Crippen molar-refractivity contribution in [1.82, 2.24) is 15.2 Å². The van der Waals surface area contributed by atoms with Gasteiger partial charge in [0.1, 0.15) is 5.78 Å². The zero-order valence-corrected chi connectivity index (χ0v) is 13.6. The van der Waals surface area contributed by atoms with E-state index in [9.17, 15) is 4.79 Å². The van der Waals surface area contributed by atoms with Crippen molar-refractivity contribution >= 4 is 17.5 Å². The molecule has 0 aliphatic carbocycles. The van der Waals surface area contributed by atoms with Crippen LogP contribution in [-0.2, 0) is 4.79 Å². The molecule has 0 fully saturated rings. The Morgan fingerprint density at radius 1 is 1.18 bits per heavy atom. The van der Waals surface area contributed by atoms with Crippen LogP contribution in [0.1, 0.15) is 6.92 Å². The molecular formula is C14H17N3O4S. The number of carbonyl (C=O) groups excluding carboxylic acids is 1. The summed E-state index contributed by atoms with van der Waals surface area (Å²) in [6, 6.07) is 3.57. The summed E-state index contributed by atoms with van der Waals surface area (Å²) in [5, 5.41) is 7.43. The first-order valence-corrected chi connectivity index (χ1v) is 7.43. The Morgan fingerprint density at radius 3 is 2.50 bits per heavy atom. The maximum atomic E-state index is 11.0. The van der Waals surface area contributed by atoms with Gasteiger partial charge in [-0.1, -0.05) is 11.8 Å². The Kier molecular flexibility index (Phi) is 5.26. The topological polar surface area (TPSA) is 86.3 Å². The van der Waals surface area contributed by atoms with Crippen LogP contribution in [0.3, 0.4) is 0 Å². The van der Waals surface area contributed by atoms with Gasteiger partial charge in [0.25, 0.3) is 0 Å². The van der Waals surface area contributed by atoms with Gasteiger partial charge in [-0.2, -0.15) is 0 Å². The molecule has 2 rings (SSSR count). The Morgan fingerprint density at radius 2 is 1.91 bits per heavy atom. The van der Waals surface area contributed by atoms with E-state index in [2.05, 4.69) is 15.2 Å². The van der Waals surface area contributed by atoms with Crippen LogP contribution in [0.4, 0.5) is 0 Å². The van der Waals surface area contributed by atoms with Crippen molar-refractivity contribution in [3.8, 4) is 28.6 Å². The third-order valence-electron chi connectivity index (χ3n) is 2.83. The van der Waals surface area contributed by atoms with Crippen LogP contribution in [-0.4, -0.2) is 48.0 Å². The summed E-state index contributed by atoms with van der Waals surface area (Å²) in [4.78, 5) is 15.4. The lowest BCUT2D eigenvalue weighted by molar-refractivity contribution is -0.114. The summed E-state index contributed by atoms with van der Waals surface area (Å²) in [7, 11) is 4.64. The lowest BCUT2D eigenvalue weighted by Crippen LogP contribution is -1.97. The lowest BCUT2D eigenvalue weighted by Gasteiger charge is -2.14. The number of aromatic nitrogens is 3. The summed E-state index contributed by atoms with van der Waals surface area (Å²) in [5.74, 6) is 2.48. The zero-order chi connectivity index (χ0) is 16.1. The average Bonchev–Trinajstić information content (AvgIpc) is 2.99. The first-order chi connectivity index (χ1) is 10.6. The molecule has 0 saturated heterocycles. The normalized spacial score (nSPS) is 10.4. The van der Waals surface area contributed by atoms with Gasteiger partial charge in [-0.05, 0) is 19.1 Å². The number of benzene rings is 1. The van der Waals surface area contributed by atoms with Crippen molar-refractivity contribution < 1.29 is 19.0 Å². The number of nitrogens with zero attached hydrogens (tertiary/aromatic N) is 2. The fourth-order valence-electron chi connectivity index (χ4n) is 1.89. The molecule has 0 spiro atoms. The number of hydrogen-bond acceptors (Lipinski definition) is 7. The van der Waals surface area contributed by atoms with Crippen molar-refractivity contribution in [2.75, 3.05) is 27.1 Å². The maximum Gasteiger partial charge on any atom is 0.209 e. The van der Waals surface area contributed by atoms with Gasteiger partial charge in [0, 0.05) is 0 Å². The predicted octanol–water partition coefficient (Wildman–Crippen LogP) is 2.18. The third kappa shape index (κ3) is 3.33. The molecule has 7 nitrogen and oxygen atoms in total. The summed E-state index contributed by atoms with van der Waals surface area (Å²) in [6.07, 6.45) is 0. The van der Waals surface area contributed by atoms with Crippen molar-refractivity contribution in [2.24, 2.45) is 0 Å². The van der Waals surface area contributed by atoms with E-state index in [1.54, 1.807) is 33.5 Å². The fourth-order valence-corrected chi connectivity index (χ4v) is 2.48. The van der Waals surface area contributed by atoms with Crippen molar-refractivity contribution in [2.45, 2.75) is 12.1 Å². The fraction of sp³-hybridized carbons (Fsp3) is 0.357. The van der Waals surface area contributed by atoms with Crippen LogP contribution >= 0.6 is 11.8 Å². The molecule has 0 aliphatic rings. The van der Waals surface area contributed by atoms with E-state index in [4.69, 9.17) is 14.2 Å². The molecule has 0 atom stereocenters. The van der Waals surface area contributed by atoms with Gasteiger partial charge < -0.3 is 14.2 Å². The number of methoxy groups -OCH3 is 3. The number of ketones is 1. The van der Waals surface area contributed by atoms with Crippen LogP contribution < -0.4 is 14.2 Å². The summed E-state index contributed by atoms with van der Waals surface area (Å²) < 4.78 is 16.0. The SMILES string of the molecule is COc1ccc(-c2nc(SCC(C)=O)n[nH]2)c(OC)c1OC. The van der Waals surface area contributed by atoms with Gasteiger partial charge >= 0.3 is 0 Å². The second-order valence-corrected chi connectivity index (χ2v) is 5.28. The highest BCUT2D eigenvalue weighted by Crippen LogP contribution is 2.43. The summed E-state index contributed by atoms with van der Waals surface area (Å²) in [5.41, 5.74) is 0.697. The highest BCUT2D eigenvalue weighted by molar-refractivity contribution is 7.99. The van der Waals surface area contributed by atoms with Gasteiger partial charge in [0.15, 0.2) is 17.3 Å². The van der Waals surface area contributed by atoms with E-state index in [0.717, 1.165) is 0 Å². The highest BCUT2D eigenvalue weighted by Gasteiger charge is 2.19. The first kappa shape index (κ1) is 16.2. The average molecular weight is 323 g/mol. The van der Waals surface area contributed by atoms with Crippen molar-refractivity contribution in [3.63, 3.8) is 0 Å². The Labute approximate surface area is 132 Å². The number of H-pyrrole nitrogens is 1. The lowest BCUT2D eigenvalue weighted by atomic mass is 10.1. The Hall–Kier alpha value is -2.22. The molecule has 8 heteroatoms. The minimum Gasteiger partial charge on any atom is -0.493 e. The van der Waals surface area contributed by atoms with Gasteiger partial charge in [0.05, 0.1) is 32.6 Å². The number of rotatable bonds is 7. The molecule has 1 N–H and O–H groups in total. The second-order valence-electron chi connectivity index (χ2n) is 4.34. The van der Waals surface area contributed by atoms with Crippen LogP contribution in [0, 0.1) is 0 Å². The smallest absolute Gasteiger partial charge is 0.209 e. The van der Waals surface area contributed by atoms with E-state index in [0.29, 0.717) is 39.5 Å². The number of Topliss-reactive ketones (excluding diaryl/α,β-unsaturated/α-hetero) is 1. The van der Waals surface area contributed by atoms with Crippen molar-refractivity contribution in [1.29, 1.82) is 0 Å². The molecule has 0 aliphatic heterocycles. The number of nitrogens with one attached hydrogen (secondary N) is 1. The molecule has 0 amide bonds. The quantitative estimate of drug-likeness (QED) is 0.781. The molecule has 1 aromatic heterocycles. The molecular weight excluding hydrogens is 306 g/mol. The van der Waals surface area contributed by atoms with Crippen molar-refractivity contribution in [3.05, 3.63) is 12.1 Å². The molecule has 1 aromatic carbocycles. The van der Waals surface area contributed by atoms with Gasteiger partial charge in [-0.25, -0.2) is 4.98 Å². The maximum absolute atomic E-state index is 11.0. The number of hydrogen-bond donors (Lipinski definition) is 1. The zero-order valence-electron chi connectivity index (χ0n) is 12.8. The summed E-state index contributed by atoms with van der Waals surface area (Å²) >= 11 is 1.28. The molecule has 0 bridgehead atoms. The third-order valence-corrected chi connectivity index (χ3v) is 3.82. The predicted molar refractivity (Wildman–Crippen MR) is 82.9 cm³/mol. The molecule has 0 saturated carbocycles. The molecule has 0 unspecified atom stereocenters. The number of ether oxygens (including phenoxy) is 3. The standard InChI is InChI=1S/C14H17N3O4S/c1-8(18)7-22-14-15-13(16-17-14)9-5-6-10(19-2)12(21-4)11(9)20-3/h5-6H,7H2,1-4H3,(H,15,16,17). The number of thioether (sulfide) groups is 1. The van der Waals surface area contributed by atoms with Crippen LogP contribution in [0.2, 0.25) is 0 Å². The molecule has 118 valence electrons. The number of aromatic amines is 1. The largest absolute Gasteiger partial charge is 0.493 e. The minimum atomic E-state index is 0.0695. The van der Waals surface area contributed by atoms with Gasteiger partial charge in [-0.15, -0.1) is 5.10 Å². The first-order valence-electron chi connectivity index (χ1n) is 6.44. The second kappa shape index (κ2) is 7.17. The minimum absolute atomic E-state index is 0.0695. The van der Waals surface area contributed by atoms with Crippen LogP contribution in [0.5, 0.6) is 17.2 Å². The van der Waals surface area contributed by atoms with E-state index in [1.165, 1.54) is 18.7 Å². The van der Waals surface area contributed by atoms with Crippen LogP contribution in [0.15, 0.2) is 17.3 Å². The molecule has 22 heavy (non-hydrogen) atoms. The number of carbonyl (C=O) groups is 1. The van der Waals surface area contributed by atoms with E-state index in [-0.39, 0.29) is 5.78 Å². The Balaban J connectivity index is 2.38. The van der Waals surface area contributed by atoms with E-state index in [1.807, 2.05) is 0 Å². The van der Waals surface area contributed by atoms with Gasteiger partial charge in [0.2, 0.25) is 10.9 Å². The molecule has 0 radical (unpaired) electrons. The Bertz CT molecular complexity index is 672. The molecule has 2 aromatic rings. The summed E-state index contributed by atoms with van der Waals surface area (Å²) in [6.45, 7) is 1.53. The van der Waals surface area contributed by atoms with Crippen LogP contribution in [0.25, 0.3) is 11.4 Å². The van der Waals surface area contributed by atoms with Gasteiger partial charge in [-0.3, -0.25) is 9.89 Å². The highest BCUT2D eigenvalue weighted by atomic mass is 32.2. The van der Waals surface area contributed by atoms with E-state index < -0.39 is 0 Å². The molecule has 1 heterocycles.